The molecular formula is C14H19N3O5S. The lowest BCUT2D eigenvalue weighted by Crippen LogP contribution is -2.61. The van der Waals surface area contributed by atoms with Gasteiger partial charge >= 0.3 is 0 Å². The molecule has 0 saturated carbocycles. The van der Waals surface area contributed by atoms with Crippen molar-refractivity contribution in [2.45, 2.75) is 32.4 Å². The molecule has 2 fully saturated rings. The molecule has 0 aliphatic carbocycles. The molecule has 0 bridgehead atoms. The van der Waals surface area contributed by atoms with Crippen LogP contribution in [0, 0.1) is 0 Å². The maximum Gasteiger partial charge on any atom is 0.276 e. The minimum absolute atomic E-state index is 0.0972. The average Bonchev–Trinajstić information content (AvgIpc) is 3.07. The van der Waals surface area contributed by atoms with Crippen molar-refractivity contribution in [3.63, 3.8) is 0 Å². The summed E-state index contributed by atoms with van der Waals surface area (Å²) in [6.45, 7) is 3.93. The van der Waals surface area contributed by atoms with Crippen LogP contribution in [0.3, 0.4) is 0 Å². The maximum atomic E-state index is 12.7. The second kappa shape index (κ2) is 5.63. The van der Waals surface area contributed by atoms with Gasteiger partial charge in [0.1, 0.15) is 5.76 Å². The lowest BCUT2D eigenvalue weighted by Gasteiger charge is -2.43. The van der Waals surface area contributed by atoms with Crippen LogP contribution in [0.5, 0.6) is 0 Å². The molecule has 2 aliphatic heterocycles. The highest BCUT2D eigenvalue weighted by Gasteiger charge is 2.49. The standard InChI is InChI=1S/C14H19N3O5S/c1-3-10-6-11(15-22-10)14(19)17-5-4-16(9(2)18)12-7-23(20,21)8-13(12)17/h6,12-13H,3-5,7-8H2,1-2H3/t12-,13+/m1/s1. The zero-order valence-corrected chi connectivity index (χ0v) is 13.9. The van der Waals surface area contributed by atoms with Crippen LogP contribution >= 0.6 is 0 Å². The van der Waals surface area contributed by atoms with E-state index in [1.807, 2.05) is 6.92 Å². The predicted octanol–water partition coefficient (Wildman–Crippen LogP) is -0.293. The first-order valence-corrected chi connectivity index (χ1v) is 9.38. The SMILES string of the molecule is CCc1cc(C(=O)N2CCN(C(C)=O)[C@@H]3CS(=O)(=O)C[C@@H]32)no1. The Bertz CT molecular complexity index is 741. The zero-order valence-electron chi connectivity index (χ0n) is 13.1. The lowest BCUT2D eigenvalue weighted by molar-refractivity contribution is -0.133. The summed E-state index contributed by atoms with van der Waals surface area (Å²) in [5, 5.41) is 3.77. The van der Waals surface area contributed by atoms with E-state index < -0.39 is 21.9 Å². The van der Waals surface area contributed by atoms with Gasteiger partial charge in [-0.2, -0.15) is 0 Å². The molecule has 3 rings (SSSR count). The highest BCUT2D eigenvalue weighted by Crippen LogP contribution is 2.28. The summed E-state index contributed by atoms with van der Waals surface area (Å²) in [6.07, 6.45) is 0.624. The third kappa shape index (κ3) is 2.85. The molecular weight excluding hydrogens is 322 g/mol. The van der Waals surface area contributed by atoms with Gasteiger partial charge in [0.2, 0.25) is 5.91 Å². The molecule has 0 aromatic carbocycles. The highest BCUT2D eigenvalue weighted by molar-refractivity contribution is 7.91. The molecule has 2 atom stereocenters. The van der Waals surface area contributed by atoms with Crippen molar-refractivity contribution < 1.29 is 22.5 Å². The van der Waals surface area contributed by atoms with Crippen LogP contribution in [0.15, 0.2) is 10.6 Å². The number of aryl methyl sites for hydroxylation is 1. The van der Waals surface area contributed by atoms with Crippen LogP contribution in [0.25, 0.3) is 0 Å². The molecule has 1 aromatic heterocycles. The first kappa shape index (κ1) is 16.0. The molecule has 8 nitrogen and oxygen atoms in total. The fourth-order valence-electron chi connectivity index (χ4n) is 3.32. The van der Waals surface area contributed by atoms with Gasteiger partial charge < -0.3 is 14.3 Å². The monoisotopic (exact) mass is 341 g/mol. The Morgan fingerprint density at radius 2 is 1.87 bits per heavy atom. The van der Waals surface area contributed by atoms with Gasteiger partial charge in [0.25, 0.3) is 5.91 Å². The van der Waals surface area contributed by atoms with Crippen LogP contribution < -0.4 is 0 Å². The quantitative estimate of drug-likeness (QED) is 0.732. The van der Waals surface area contributed by atoms with E-state index in [1.165, 1.54) is 11.8 Å². The van der Waals surface area contributed by atoms with Gasteiger partial charge in [-0.15, -0.1) is 0 Å². The Morgan fingerprint density at radius 3 is 2.43 bits per heavy atom. The van der Waals surface area contributed by atoms with Gasteiger partial charge in [-0.1, -0.05) is 12.1 Å². The molecule has 2 amide bonds. The number of aromatic nitrogens is 1. The first-order chi connectivity index (χ1) is 10.8. The Hall–Kier alpha value is -1.90. The number of hydrogen-bond acceptors (Lipinski definition) is 6. The van der Waals surface area contributed by atoms with Gasteiger partial charge in [-0.3, -0.25) is 9.59 Å². The largest absolute Gasteiger partial charge is 0.361 e. The second-order valence-corrected chi connectivity index (χ2v) is 8.11. The summed E-state index contributed by atoms with van der Waals surface area (Å²) in [5.41, 5.74) is 0.182. The number of piperazine rings is 1. The minimum atomic E-state index is -3.27. The number of hydrogen-bond donors (Lipinski definition) is 0. The van der Waals surface area contributed by atoms with Crippen LogP contribution in [0.4, 0.5) is 0 Å². The summed E-state index contributed by atoms with van der Waals surface area (Å²) >= 11 is 0. The van der Waals surface area contributed by atoms with Crippen LogP contribution in [-0.2, 0) is 21.1 Å². The van der Waals surface area contributed by atoms with Crippen molar-refractivity contribution in [2.75, 3.05) is 24.6 Å². The summed E-state index contributed by atoms with van der Waals surface area (Å²) < 4.78 is 29.1. The number of sulfone groups is 1. The van der Waals surface area contributed by atoms with Crippen LogP contribution in [0.2, 0.25) is 0 Å². The van der Waals surface area contributed by atoms with Crippen molar-refractivity contribution in [1.82, 2.24) is 15.0 Å². The molecule has 23 heavy (non-hydrogen) atoms. The number of amides is 2. The number of carbonyl (C=O) groups is 2. The fraction of sp³-hybridized carbons (Fsp3) is 0.643. The Kier molecular flexibility index (Phi) is 3.91. The minimum Gasteiger partial charge on any atom is -0.361 e. The van der Waals surface area contributed by atoms with Crippen molar-refractivity contribution >= 4 is 21.7 Å². The van der Waals surface area contributed by atoms with E-state index >= 15 is 0 Å². The van der Waals surface area contributed by atoms with Crippen molar-refractivity contribution in [3.8, 4) is 0 Å². The average molecular weight is 341 g/mol. The van der Waals surface area contributed by atoms with E-state index in [0.717, 1.165) is 0 Å². The third-order valence-electron chi connectivity index (χ3n) is 4.47. The number of carbonyl (C=O) groups excluding carboxylic acids is 2. The molecule has 0 N–H and O–H groups in total. The number of rotatable bonds is 2. The number of nitrogens with zero attached hydrogens (tertiary/aromatic N) is 3. The molecule has 1 aromatic rings. The molecule has 0 unspecified atom stereocenters. The number of fused-ring (bicyclic) bond motifs is 1. The van der Waals surface area contributed by atoms with E-state index in [4.69, 9.17) is 4.52 Å². The normalized spacial score (nSPS) is 26.2. The van der Waals surface area contributed by atoms with Crippen molar-refractivity contribution in [1.29, 1.82) is 0 Å². The van der Waals surface area contributed by atoms with Crippen LogP contribution in [-0.4, -0.2) is 71.9 Å². The van der Waals surface area contributed by atoms with Gasteiger partial charge in [0.15, 0.2) is 15.5 Å². The molecule has 3 heterocycles. The summed E-state index contributed by atoms with van der Waals surface area (Å²) in [6, 6.07) is 0.581. The zero-order chi connectivity index (χ0) is 16.8. The summed E-state index contributed by atoms with van der Waals surface area (Å²) in [4.78, 5) is 27.5. The Labute approximate surface area is 134 Å². The van der Waals surface area contributed by atoms with E-state index in [0.29, 0.717) is 25.3 Å². The van der Waals surface area contributed by atoms with Crippen molar-refractivity contribution in [2.24, 2.45) is 0 Å². The second-order valence-electron chi connectivity index (χ2n) is 5.95. The Morgan fingerprint density at radius 1 is 1.26 bits per heavy atom. The third-order valence-corrected chi connectivity index (χ3v) is 6.17. The first-order valence-electron chi connectivity index (χ1n) is 7.56. The van der Waals surface area contributed by atoms with E-state index in [-0.39, 0.29) is 29.0 Å². The molecule has 0 spiro atoms. The lowest BCUT2D eigenvalue weighted by atomic mass is 10.0. The van der Waals surface area contributed by atoms with E-state index in [1.54, 1.807) is 11.0 Å². The van der Waals surface area contributed by atoms with E-state index in [2.05, 4.69) is 5.16 Å². The molecule has 9 heteroatoms. The Balaban J connectivity index is 1.88. The molecule has 126 valence electrons. The van der Waals surface area contributed by atoms with Gasteiger partial charge in [0.05, 0.1) is 23.6 Å². The fourth-order valence-corrected chi connectivity index (χ4v) is 5.30. The van der Waals surface area contributed by atoms with Gasteiger partial charge in [0, 0.05) is 32.5 Å². The van der Waals surface area contributed by atoms with Crippen molar-refractivity contribution in [3.05, 3.63) is 17.5 Å². The summed E-state index contributed by atoms with van der Waals surface area (Å²) in [5.74, 6) is -0.125. The van der Waals surface area contributed by atoms with Crippen LogP contribution in [0.1, 0.15) is 30.1 Å². The van der Waals surface area contributed by atoms with Gasteiger partial charge in [-0.25, -0.2) is 8.42 Å². The highest BCUT2D eigenvalue weighted by atomic mass is 32.2. The topological polar surface area (TPSA) is 101 Å². The van der Waals surface area contributed by atoms with E-state index in [9.17, 15) is 18.0 Å². The molecule has 2 aliphatic rings. The summed E-state index contributed by atoms with van der Waals surface area (Å²) in [7, 11) is -3.27. The molecule has 0 radical (unpaired) electrons. The van der Waals surface area contributed by atoms with Gasteiger partial charge in [-0.05, 0) is 0 Å². The molecule has 2 saturated heterocycles. The smallest absolute Gasteiger partial charge is 0.276 e. The maximum absolute atomic E-state index is 12.7. The predicted molar refractivity (Wildman–Crippen MR) is 80.5 cm³/mol.